The van der Waals surface area contributed by atoms with Crippen molar-refractivity contribution in [1.82, 2.24) is 14.9 Å². The fourth-order valence-electron chi connectivity index (χ4n) is 1.77. The Morgan fingerprint density at radius 1 is 1.25 bits per heavy atom. The highest BCUT2D eigenvalue weighted by molar-refractivity contribution is 5.00. The average molecular weight is 227 g/mol. The minimum atomic E-state index is -2.48. The summed E-state index contributed by atoms with van der Waals surface area (Å²) in [7, 11) is 0. The SMILES string of the molecule is Cc1cnc(CN2CCC(F)(F)CC2)cn1. The molecule has 88 valence electrons. The van der Waals surface area contributed by atoms with Crippen LogP contribution in [0.1, 0.15) is 24.2 Å². The molecule has 0 spiro atoms. The number of hydrogen-bond acceptors (Lipinski definition) is 3. The van der Waals surface area contributed by atoms with Crippen molar-refractivity contribution >= 4 is 0 Å². The van der Waals surface area contributed by atoms with Crippen LogP contribution in [0.3, 0.4) is 0 Å². The van der Waals surface area contributed by atoms with Gasteiger partial charge in [-0.25, -0.2) is 8.78 Å². The number of hydrogen-bond donors (Lipinski definition) is 0. The molecule has 16 heavy (non-hydrogen) atoms. The van der Waals surface area contributed by atoms with E-state index in [1.807, 2.05) is 11.8 Å². The average Bonchev–Trinajstić information content (AvgIpc) is 2.24. The fraction of sp³-hybridized carbons (Fsp3) is 0.636. The van der Waals surface area contributed by atoms with Crippen LogP contribution in [-0.4, -0.2) is 33.9 Å². The van der Waals surface area contributed by atoms with E-state index >= 15 is 0 Å². The lowest BCUT2D eigenvalue weighted by atomic mass is 10.1. The van der Waals surface area contributed by atoms with Crippen molar-refractivity contribution in [2.24, 2.45) is 0 Å². The topological polar surface area (TPSA) is 29.0 Å². The van der Waals surface area contributed by atoms with Gasteiger partial charge in [0.1, 0.15) is 0 Å². The van der Waals surface area contributed by atoms with E-state index in [2.05, 4.69) is 9.97 Å². The molecule has 1 aromatic heterocycles. The second-order valence-electron chi connectivity index (χ2n) is 4.28. The van der Waals surface area contributed by atoms with Crippen LogP contribution in [0.2, 0.25) is 0 Å². The van der Waals surface area contributed by atoms with Crippen molar-refractivity contribution in [1.29, 1.82) is 0 Å². The predicted molar refractivity (Wildman–Crippen MR) is 56.2 cm³/mol. The monoisotopic (exact) mass is 227 g/mol. The molecule has 5 heteroatoms. The number of nitrogens with zero attached hydrogens (tertiary/aromatic N) is 3. The third-order valence-electron chi connectivity index (χ3n) is 2.81. The first-order valence-corrected chi connectivity index (χ1v) is 5.43. The Morgan fingerprint density at radius 3 is 2.50 bits per heavy atom. The minimum absolute atomic E-state index is 0.0493. The van der Waals surface area contributed by atoms with Gasteiger partial charge in [-0.3, -0.25) is 14.9 Å². The third kappa shape index (κ3) is 2.95. The summed E-state index contributed by atoms with van der Waals surface area (Å²) in [4.78, 5) is 10.3. The summed E-state index contributed by atoms with van der Waals surface area (Å²) in [6.45, 7) is 3.35. The normalized spacial score (nSPS) is 20.9. The smallest absolute Gasteiger partial charge is 0.250 e. The van der Waals surface area contributed by atoms with E-state index in [0.29, 0.717) is 19.6 Å². The number of aryl methyl sites for hydroxylation is 1. The van der Waals surface area contributed by atoms with Crippen molar-refractivity contribution in [3.8, 4) is 0 Å². The van der Waals surface area contributed by atoms with Crippen molar-refractivity contribution in [3.63, 3.8) is 0 Å². The first kappa shape index (κ1) is 11.4. The maximum Gasteiger partial charge on any atom is 0.250 e. The van der Waals surface area contributed by atoms with Gasteiger partial charge in [0.25, 0.3) is 5.92 Å². The highest BCUT2D eigenvalue weighted by Gasteiger charge is 2.33. The molecule has 3 nitrogen and oxygen atoms in total. The molecule has 1 aliphatic heterocycles. The molecule has 0 atom stereocenters. The molecule has 0 N–H and O–H groups in total. The van der Waals surface area contributed by atoms with Crippen LogP contribution in [0, 0.1) is 6.92 Å². The Balaban J connectivity index is 1.89. The molecule has 2 heterocycles. The highest BCUT2D eigenvalue weighted by Crippen LogP contribution is 2.27. The standard InChI is InChI=1S/C11H15F2N3/c1-9-6-15-10(7-14-9)8-16-4-2-11(12,13)3-5-16/h6-7H,2-5,8H2,1H3. The van der Waals surface area contributed by atoms with Crippen LogP contribution in [-0.2, 0) is 6.54 Å². The lowest BCUT2D eigenvalue weighted by Gasteiger charge is -2.31. The summed E-state index contributed by atoms with van der Waals surface area (Å²) < 4.78 is 25.8. The quantitative estimate of drug-likeness (QED) is 0.774. The summed E-state index contributed by atoms with van der Waals surface area (Å²) in [6.07, 6.45) is 3.31. The van der Waals surface area contributed by atoms with Gasteiger partial charge in [-0.2, -0.15) is 0 Å². The second-order valence-corrected chi connectivity index (χ2v) is 4.28. The summed E-state index contributed by atoms with van der Waals surface area (Å²) in [5.41, 5.74) is 1.71. The molecule has 1 aliphatic rings. The zero-order chi connectivity index (χ0) is 11.6. The Morgan fingerprint density at radius 2 is 1.94 bits per heavy atom. The number of alkyl halides is 2. The molecular weight excluding hydrogens is 212 g/mol. The molecule has 1 saturated heterocycles. The van der Waals surface area contributed by atoms with E-state index < -0.39 is 5.92 Å². The molecule has 0 amide bonds. The fourth-order valence-corrected chi connectivity index (χ4v) is 1.77. The van der Waals surface area contributed by atoms with Crippen molar-refractivity contribution in [3.05, 3.63) is 23.8 Å². The van der Waals surface area contributed by atoms with E-state index in [1.165, 1.54) is 0 Å². The molecule has 1 fully saturated rings. The Labute approximate surface area is 93.5 Å². The van der Waals surface area contributed by atoms with Gasteiger partial charge in [-0.05, 0) is 6.92 Å². The maximum absolute atomic E-state index is 12.9. The van der Waals surface area contributed by atoms with Crippen LogP contribution in [0.25, 0.3) is 0 Å². The van der Waals surface area contributed by atoms with E-state index in [0.717, 1.165) is 11.4 Å². The molecule has 2 rings (SSSR count). The van der Waals surface area contributed by atoms with Crippen LogP contribution in [0.5, 0.6) is 0 Å². The molecule has 0 unspecified atom stereocenters. The van der Waals surface area contributed by atoms with Crippen molar-refractivity contribution in [2.45, 2.75) is 32.2 Å². The Bertz CT molecular complexity index is 341. The first-order valence-electron chi connectivity index (χ1n) is 5.43. The summed E-state index contributed by atoms with van der Waals surface area (Å²) in [5, 5.41) is 0. The number of rotatable bonds is 2. The van der Waals surface area contributed by atoms with Crippen LogP contribution < -0.4 is 0 Å². The first-order chi connectivity index (χ1) is 7.55. The zero-order valence-corrected chi connectivity index (χ0v) is 9.29. The van der Waals surface area contributed by atoms with E-state index in [4.69, 9.17) is 0 Å². The van der Waals surface area contributed by atoms with Gasteiger partial charge in [0.2, 0.25) is 0 Å². The number of likely N-dealkylation sites (tertiary alicyclic amines) is 1. The van der Waals surface area contributed by atoms with E-state index in [9.17, 15) is 8.78 Å². The molecule has 0 saturated carbocycles. The van der Waals surface area contributed by atoms with Crippen LogP contribution in [0.4, 0.5) is 8.78 Å². The second kappa shape index (κ2) is 4.41. The molecular formula is C11H15F2N3. The van der Waals surface area contributed by atoms with Crippen LogP contribution in [0.15, 0.2) is 12.4 Å². The molecule has 0 aliphatic carbocycles. The zero-order valence-electron chi connectivity index (χ0n) is 9.29. The van der Waals surface area contributed by atoms with Gasteiger partial charge in [-0.1, -0.05) is 0 Å². The van der Waals surface area contributed by atoms with Gasteiger partial charge in [0, 0.05) is 44.9 Å². The lowest BCUT2D eigenvalue weighted by molar-refractivity contribution is -0.0568. The predicted octanol–water partition coefficient (Wildman–Crippen LogP) is 2.02. The summed E-state index contributed by atoms with van der Waals surface area (Å²) in [5.74, 6) is -2.48. The van der Waals surface area contributed by atoms with Gasteiger partial charge in [0.05, 0.1) is 11.4 Å². The minimum Gasteiger partial charge on any atom is -0.297 e. The van der Waals surface area contributed by atoms with E-state index in [1.54, 1.807) is 12.4 Å². The van der Waals surface area contributed by atoms with Gasteiger partial charge in [0.15, 0.2) is 0 Å². The molecule has 0 bridgehead atoms. The van der Waals surface area contributed by atoms with Crippen molar-refractivity contribution < 1.29 is 8.78 Å². The van der Waals surface area contributed by atoms with Crippen LogP contribution >= 0.6 is 0 Å². The van der Waals surface area contributed by atoms with Crippen molar-refractivity contribution in [2.75, 3.05) is 13.1 Å². The van der Waals surface area contributed by atoms with Gasteiger partial charge >= 0.3 is 0 Å². The third-order valence-corrected chi connectivity index (χ3v) is 2.81. The highest BCUT2D eigenvalue weighted by atomic mass is 19.3. The maximum atomic E-state index is 12.9. The largest absolute Gasteiger partial charge is 0.297 e. The number of aromatic nitrogens is 2. The van der Waals surface area contributed by atoms with Gasteiger partial charge in [-0.15, -0.1) is 0 Å². The summed E-state index contributed by atoms with van der Waals surface area (Å²) in [6, 6.07) is 0. The molecule has 0 radical (unpaired) electrons. The lowest BCUT2D eigenvalue weighted by Crippen LogP contribution is -2.39. The number of piperidine rings is 1. The Kier molecular flexibility index (Phi) is 3.14. The number of halogens is 2. The van der Waals surface area contributed by atoms with Gasteiger partial charge < -0.3 is 0 Å². The molecule has 1 aromatic rings. The molecule has 0 aromatic carbocycles. The van der Waals surface area contributed by atoms with E-state index in [-0.39, 0.29) is 12.8 Å². The Hall–Kier alpha value is -1.10. The summed E-state index contributed by atoms with van der Waals surface area (Å²) >= 11 is 0.